The van der Waals surface area contributed by atoms with Gasteiger partial charge in [0.15, 0.2) is 0 Å². The Morgan fingerprint density at radius 1 is 0.926 bits per heavy atom. The van der Waals surface area contributed by atoms with E-state index in [1.165, 1.54) is 0 Å². The van der Waals surface area contributed by atoms with Gasteiger partial charge in [-0.15, -0.1) is 0 Å². The highest BCUT2D eigenvalue weighted by molar-refractivity contribution is 5.86. The maximum atomic E-state index is 12.8. The summed E-state index contributed by atoms with van der Waals surface area (Å²) in [6.07, 6.45) is 0.170. The van der Waals surface area contributed by atoms with Crippen molar-refractivity contribution >= 4 is 12.0 Å². The van der Waals surface area contributed by atoms with Crippen LogP contribution in [0.1, 0.15) is 44.4 Å². The normalized spacial score (nSPS) is 13.9. The first-order valence-corrected chi connectivity index (χ1v) is 9.33. The summed E-state index contributed by atoms with van der Waals surface area (Å²) in [4.78, 5) is 24.9. The van der Waals surface area contributed by atoms with Gasteiger partial charge in [-0.1, -0.05) is 80.9 Å². The van der Waals surface area contributed by atoms with Gasteiger partial charge in [0.25, 0.3) is 0 Å². The molecule has 2 aromatic rings. The molecular weight excluding hydrogens is 340 g/mol. The van der Waals surface area contributed by atoms with Gasteiger partial charge in [0, 0.05) is 0 Å². The van der Waals surface area contributed by atoms with E-state index in [0.29, 0.717) is 0 Å². The standard InChI is InChI=1S/C22H28N2O3/c1-4-16(2)20(21(25)23-17(3)19-13-9-6-10-14-19)24-22(26)27-15-18-11-7-5-8-12-18/h5-14,16-17,20H,4,15H2,1-3H3,(H,23,25)(H,24,26). The number of hydrogen-bond donors (Lipinski definition) is 2. The van der Waals surface area contributed by atoms with Gasteiger partial charge in [0.2, 0.25) is 5.91 Å². The second-order valence-electron chi connectivity index (χ2n) is 6.71. The molecule has 0 saturated heterocycles. The monoisotopic (exact) mass is 368 g/mol. The van der Waals surface area contributed by atoms with Gasteiger partial charge in [-0.2, -0.15) is 0 Å². The van der Waals surface area contributed by atoms with Gasteiger partial charge in [0.1, 0.15) is 12.6 Å². The van der Waals surface area contributed by atoms with Gasteiger partial charge in [-0.05, 0) is 24.0 Å². The van der Waals surface area contributed by atoms with Crippen LogP contribution in [0.2, 0.25) is 0 Å². The molecule has 0 bridgehead atoms. The SMILES string of the molecule is CCC(C)C(NC(=O)OCc1ccccc1)C(=O)NC(C)c1ccccc1. The fourth-order valence-electron chi connectivity index (χ4n) is 2.72. The molecule has 0 aliphatic rings. The van der Waals surface area contributed by atoms with E-state index in [4.69, 9.17) is 4.74 Å². The average Bonchev–Trinajstić information content (AvgIpc) is 2.71. The molecule has 0 fully saturated rings. The zero-order chi connectivity index (χ0) is 19.6. The lowest BCUT2D eigenvalue weighted by atomic mass is 9.97. The summed E-state index contributed by atoms with van der Waals surface area (Å²) in [6.45, 7) is 6.02. The van der Waals surface area contributed by atoms with E-state index in [-0.39, 0.29) is 24.5 Å². The molecule has 0 radical (unpaired) electrons. The van der Waals surface area contributed by atoms with Crippen LogP contribution in [0.3, 0.4) is 0 Å². The van der Waals surface area contributed by atoms with Crippen LogP contribution in [0.5, 0.6) is 0 Å². The Morgan fingerprint density at radius 3 is 2.11 bits per heavy atom. The zero-order valence-corrected chi connectivity index (χ0v) is 16.1. The Labute approximate surface area is 161 Å². The number of hydrogen-bond acceptors (Lipinski definition) is 3. The molecule has 0 aliphatic heterocycles. The highest BCUT2D eigenvalue weighted by atomic mass is 16.5. The Kier molecular flexibility index (Phi) is 7.86. The van der Waals surface area contributed by atoms with E-state index < -0.39 is 12.1 Å². The third-order valence-electron chi connectivity index (χ3n) is 4.64. The van der Waals surface area contributed by atoms with Crippen molar-refractivity contribution in [2.45, 2.75) is 45.9 Å². The van der Waals surface area contributed by atoms with Crippen LogP contribution >= 0.6 is 0 Å². The van der Waals surface area contributed by atoms with E-state index >= 15 is 0 Å². The summed E-state index contributed by atoms with van der Waals surface area (Å²) >= 11 is 0. The first-order valence-electron chi connectivity index (χ1n) is 9.33. The molecule has 144 valence electrons. The van der Waals surface area contributed by atoms with E-state index in [0.717, 1.165) is 17.5 Å². The van der Waals surface area contributed by atoms with Crippen molar-refractivity contribution in [2.75, 3.05) is 0 Å². The molecule has 2 aromatic carbocycles. The minimum atomic E-state index is -0.649. The van der Waals surface area contributed by atoms with Crippen LogP contribution in [0.25, 0.3) is 0 Å². The van der Waals surface area contributed by atoms with Gasteiger partial charge in [-0.25, -0.2) is 4.79 Å². The van der Waals surface area contributed by atoms with Crippen LogP contribution < -0.4 is 10.6 Å². The second kappa shape index (κ2) is 10.4. The van der Waals surface area contributed by atoms with Crippen molar-refractivity contribution in [1.82, 2.24) is 10.6 Å². The quantitative estimate of drug-likeness (QED) is 0.734. The maximum Gasteiger partial charge on any atom is 0.408 e. The number of ether oxygens (including phenoxy) is 1. The summed E-state index contributed by atoms with van der Waals surface area (Å²) in [6, 6.07) is 18.4. The average molecular weight is 368 g/mol. The molecule has 5 nitrogen and oxygen atoms in total. The van der Waals surface area contributed by atoms with Crippen molar-refractivity contribution < 1.29 is 14.3 Å². The molecule has 0 aliphatic carbocycles. The molecule has 2 rings (SSSR count). The summed E-state index contributed by atoms with van der Waals surface area (Å²) in [5.74, 6) is -0.227. The molecule has 2 N–H and O–H groups in total. The summed E-state index contributed by atoms with van der Waals surface area (Å²) in [5, 5.41) is 5.70. The van der Waals surface area contributed by atoms with E-state index in [2.05, 4.69) is 10.6 Å². The molecule has 0 aromatic heterocycles. The lowest BCUT2D eigenvalue weighted by Gasteiger charge is -2.25. The molecule has 2 amide bonds. The van der Waals surface area contributed by atoms with Crippen LogP contribution in [-0.2, 0) is 16.1 Å². The Bertz CT molecular complexity index is 719. The fraction of sp³-hybridized carbons (Fsp3) is 0.364. The summed E-state index contributed by atoms with van der Waals surface area (Å²) < 4.78 is 5.26. The molecular formula is C22H28N2O3. The molecule has 5 heteroatoms. The van der Waals surface area contributed by atoms with Crippen LogP contribution in [-0.4, -0.2) is 18.0 Å². The molecule has 27 heavy (non-hydrogen) atoms. The number of carbonyl (C=O) groups excluding carboxylic acids is 2. The lowest BCUT2D eigenvalue weighted by molar-refractivity contribution is -0.124. The minimum Gasteiger partial charge on any atom is -0.445 e. The molecule has 3 unspecified atom stereocenters. The van der Waals surface area contributed by atoms with Crippen molar-refractivity contribution in [3.8, 4) is 0 Å². The number of benzene rings is 2. The third kappa shape index (κ3) is 6.44. The Balaban J connectivity index is 1.95. The predicted molar refractivity (Wildman–Crippen MR) is 106 cm³/mol. The van der Waals surface area contributed by atoms with E-state index in [1.54, 1.807) is 0 Å². The number of amides is 2. The van der Waals surface area contributed by atoms with E-state index in [9.17, 15) is 9.59 Å². The zero-order valence-electron chi connectivity index (χ0n) is 16.1. The van der Waals surface area contributed by atoms with Crippen molar-refractivity contribution in [2.24, 2.45) is 5.92 Å². The fourth-order valence-corrected chi connectivity index (χ4v) is 2.72. The van der Waals surface area contributed by atoms with Crippen LogP contribution in [0.15, 0.2) is 60.7 Å². The molecule has 0 heterocycles. The van der Waals surface area contributed by atoms with Crippen molar-refractivity contribution in [3.05, 3.63) is 71.8 Å². The topological polar surface area (TPSA) is 67.4 Å². The first kappa shape index (κ1) is 20.5. The van der Waals surface area contributed by atoms with Crippen molar-refractivity contribution in [3.63, 3.8) is 0 Å². The third-order valence-corrected chi connectivity index (χ3v) is 4.64. The van der Waals surface area contributed by atoms with Gasteiger partial charge >= 0.3 is 6.09 Å². The molecule has 0 spiro atoms. The van der Waals surface area contributed by atoms with Gasteiger partial charge in [-0.3, -0.25) is 4.79 Å². The number of carbonyl (C=O) groups is 2. The largest absolute Gasteiger partial charge is 0.445 e. The van der Waals surface area contributed by atoms with E-state index in [1.807, 2.05) is 81.4 Å². The smallest absolute Gasteiger partial charge is 0.408 e. The second-order valence-corrected chi connectivity index (χ2v) is 6.71. The molecule has 3 atom stereocenters. The lowest BCUT2D eigenvalue weighted by Crippen LogP contribution is -2.50. The summed E-state index contributed by atoms with van der Waals surface area (Å²) in [5.41, 5.74) is 1.91. The highest BCUT2D eigenvalue weighted by Crippen LogP contribution is 2.14. The van der Waals surface area contributed by atoms with Crippen molar-refractivity contribution in [1.29, 1.82) is 0 Å². The number of nitrogens with one attached hydrogen (secondary N) is 2. The predicted octanol–water partition coefficient (Wildman–Crippen LogP) is 4.20. The first-order chi connectivity index (χ1) is 13.0. The Hall–Kier alpha value is -2.82. The summed E-state index contributed by atoms with van der Waals surface area (Å²) in [7, 11) is 0. The van der Waals surface area contributed by atoms with Gasteiger partial charge < -0.3 is 15.4 Å². The number of rotatable bonds is 8. The molecule has 0 saturated carbocycles. The highest BCUT2D eigenvalue weighted by Gasteiger charge is 2.27. The Morgan fingerprint density at radius 2 is 1.52 bits per heavy atom. The van der Waals surface area contributed by atoms with Crippen LogP contribution in [0.4, 0.5) is 4.79 Å². The maximum absolute atomic E-state index is 12.8. The van der Waals surface area contributed by atoms with Gasteiger partial charge in [0.05, 0.1) is 6.04 Å². The number of alkyl carbamates (subject to hydrolysis) is 1. The minimum absolute atomic E-state index is 0.0164. The van der Waals surface area contributed by atoms with Crippen LogP contribution in [0, 0.1) is 5.92 Å².